The van der Waals surface area contributed by atoms with Crippen LogP contribution >= 0.6 is 0 Å². The molecule has 21 heavy (non-hydrogen) atoms. The van der Waals surface area contributed by atoms with Crippen LogP contribution in [0.15, 0.2) is 30.7 Å². The van der Waals surface area contributed by atoms with Gasteiger partial charge in [0.2, 0.25) is 5.91 Å². The third-order valence-electron chi connectivity index (χ3n) is 3.91. The first-order valence-corrected chi connectivity index (χ1v) is 7.16. The normalized spacial score (nSPS) is 21.4. The highest BCUT2D eigenvalue weighted by molar-refractivity contribution is 5.96. The molecule has 1 amide bonds. The fraction of sp³-hybridized carbons (Fsp3) is 0.400. The smallest absolute Gasteiger partial charge is 0.241 e. The fourth-order valence-corrected chi connectivity index (χ4v) is 2.68. The van der Waals surface area contributed by atoms with Crippen molar-refractivity contribution in [2.45, 2.75) is 26.3 Å². The molecule has 0 saturated carbocycles. The Bertz CT molecular complexity index is 651. The molecule has 6 nitrogen and oxygen atoms in total. The molecule has 2 aromatic rings. The van der Waals surface area contributed by atoms with E-state index in [9.17, 15) is 4.79 Å². The maximum Gasteiger partial charge on any atom is 0.241 e. The molecule has 0 aliphatic carbocycles. The Labute approximate surface area is 123 Å². The van der Waals surface area contributed by atoms with Crippen molar-refractivity contribution in [3.8, 4) is 5.82 Å². The van der Waals surface area contributed by atoms with E-state index in [0.717, 1.165) is 18.8 Å². The van der Waals surface area contributed by atoms with Crippen LogP contribution in [0, 0.1) is 12.8 Å². The first kappa shape index (κ1) is 13.8. The minimum atomic E-state index is -0.137. The van der Waals surface area contributed by atoms with Gasteiger partial charge < -0.3 is 10.6 Å². The molecule has 0 radical (unpaired) electrons. The van der Waals surface area contributed by atoms with Crippen LogP contribution in [-0.2, 0) is 4.79 Å². The van der Waals surface area contributed by atoms with Gasteiger partial charge >= 0.3 is 0 Å². The maximum atomic E-state index is 12.4. The quantitative estimate of drug-likeness (QED) is 0.896. The lowest BCUT2D eigenvalue weighted by molar-refractivity contribution is -0.118. The zero-order valence-electron chi connectivity index (χ0n) is 12.2. The van der Waals surface area contributed by atoms with Crippen molar-refractivity contribution in [3.05, 3.63) is 36.5 Å². The van der Waals surface area contributed by atoms with E-state index < -0.39 is 0 Å². The molecule has 2 atom stereocenters. The minimum Gasteiger partial charge on any atom is -0.322 e. The van der Waals surface area contributed by atoms with E-state index in [2.05, 4.69) is 27.5 Å². The van der Waals surface area contributed by atoms with Gasteiger partial charge in [-0.25, -0.2) is 9.97 Å². The van der Waals surface area contributed by atoms with Crippen LogP contribution < -0.4 is 10.6 Å². The molecule has 3 heterocycles. The van der Waals surface area contributed by atoms with E-state index in [-0.39, 0.29) is 11.9 Å². The van der Waals surface area contributed by atoms with Crippen LogP contribution in [0.3, 0.4) is 0 Å². The molecule has 0 aromatic carbocycles. The van der Waals surface area contributed by atoms with Crippen molar-refractivity contribution in [2.24, 2.45) is 5.92 Å². The van der Waals surface area contributed by atoms with Gasteiger partial charge in [-0.05, 0) is 37.9 Å². The van der Waals surface area contributed by atoms with E-state index >= 15 is 0 Å². The van der Waals surface area contributed by atoms with Crippen LogP contribution in [0.5, 0.6) is 0 Å². The van der Waals surface area contributed by atoms with Crippen LogP contribution in [0.2, 0.25) is 0 Å². The second kappa shape index (κ2) is 5.65. The van der Waals surface area contributed by atoms with Crippen LogP contribution in [0.25, 0.3) is 5.82 Å². The average molecular weight is 285 g/mol. The number of aryl methyl sites for hydroxylation is 1. The zero-order chi connectivity index (χ0) is 14.8. The van der Waals surface area contributed by atoms with Crippen LogP contribution in [-0.4, -0.2) is 33.0 Å². The summed E-state index contributed by atoms with van der Waals surface area (Å²) in [6.07, 6.45) is 6.29. The van der Waals surface area contributed by atoms with Gasteiger partial charge in [-0.1, -0.05) is 6.92 Å². The molecule has 1 fully saturated rings. The predicted octanol–water partition coefficient (Wildman–Crippen LogP) is 1.51. The van der Waals surface area contributed by atoms with E-state index in [4.69, 9.17) is 0 Å². The molecule has 0 spiro atoms. The van der Waals surface area contributed by atoms with Gasteiger partial charge in [0.1, 0.15) is 5.82 Å². The largest absolute Gasteiger partial charge is 0.322 e. The molecule has 3 rings (SSSR count). The fourth-order valence-electron chi connectivity index (χ4n) is 2.68. The Balaban J connectivity index is 1.86. The molecule has 1 aliphatic heterocycles. The van der Waals surface area contributed by atoms with E-state index in [1.165, 1.54) is 0 Å². The molecule has 1 saturated heterocycles. The molecule has 110 valence electrons. The monoisotopic (exact) mass is 285 g/mol. The van der Waals surface area contributed by atoms with Crippen molar-refractivity contribution in [1.29, 1.82) is 0 Å². The number of imidazole rings is 1. The lowest BCUT2D eigenvalue weighted by Crippen LogP contribution is -2.39. The second-order valence-corrected chi connectivity index (χ2v) is 5.41. The van der Waals surface area contributed by atoms with Gasteiger partial charge in [0.15, 0.2) is 5.82 Å². The Morgan fingerprint density at radius 1 is 1.43 bits per heavy atom. The van der Waals surface area contributed by atoms with Crippen molar-refractivity contribution >= 4 is 11.6 Å². The summed E-state index contributed by atoms with van der Waals surface area (Å²) in [6, 6.07) is 3.54. The number of nitrogens with zero attached hydrogens (tertiary/aromatic N) is 3. The van der Waals surface area contributed by atoms with Gasteiger partial charge in [0.05, 0.1) is 11.7 Å². The number of pyridine rings is 1. The number of amides is 1. The molecular weight excluding hydrogens is 266 g/mol. The van der Waals surface area contributed by atoms with Gasteiger partial charge in [-0.3, -0.25) is 9.36 Å². The summed E-state index contributed by atoms with van der Waals surface area (Å²) in [7, 11) is 0. The third-order valence-corrected chi connectivity index (χ3v) is 3.91. The molecule has 6 heteroatoms. The first-order chi connectivity index (χ1) is 10.2. The molecule has 2 aromatic heterocycles. The Morgan fingerprint density at radius 2 is 2.29 bits per heavy atom. The molecule has 2 unspecified atom stereocenters. The number of carbonyl (C=O) groups excluding carboxylic acids is 1. The summed E-state index contributed by atoms with van der Waals surface area (Å²) < 4.78 is 1.86. The number of nitrogens with one attached hydrogen (secondary N) is 2. The standard InChI is InChI=1S/C15H19N5O/c1-10-5-7-17-13(10)15(21)19-12-4-3-6-18-14(12)20-9-8-16-11(20)2/h3-4,6,8-10,13,17H,5,7H2,1-2H3,(H,19,21). The lowest BCUT2D eigenvalue weighted by atomic mass is 10.0. The van der Waals surface area contributed by atoms with Gasteiger partial charge in [0, 0.05) is 18.6 Å². The maximum absolute atomic E-state index is 12.4. The van der Waals surface area contributed by atoms with Gasteiger partial charge in [-0.2, -0.15) is 0 Å². The average Bonchev–Trinajstić information content (AvgIpc) is 3.08. The van der Waals surface area contributed by atoms with Crippen LogP contribution in [0.1, 0.15) is 19.2 Å². The van der Waals surface area contributed by atoms with Crippen molar-refractivity contribution in [1.82, 2.24) is 19.9 Å². The molecule has 1 aliphatic rings. The Hall–Kier alpha value is -2.21. The summed E-state index contributed by atoms with van der Waals surface area (Å²) in [6.45, 7) is 4.88. The summed E-state index contributed by atoms with van der Waals surface area (Å²) in [5, 5.41) is 6.23. The Kier molecular flexibility index (Phi) is 3.70. The van der Waals surface area contributed by atoms with Crippen molar-refractivity contribution in [2.75, 3.05) is 11.9 Å². The number of carbonyl (C=O) groups is 1. The number of hydrogen-bond acceptors (Lipinski definition) is 4. The summed E-state index contributed by atoms with van der Waals surface area (Å²) in [4.78, 5) is 21.0. The second-order valence-electron chi connectivity index (χ2n) is 5.41. The SMILES string of the molecule is Cc1nccn1-c1ncccc1NC(=O)C1NCCC1C. The van der Waals surface area contributed by atoms with E-state index in [0.29, 0.717) is 17.4 Å². The van der Waals surface area contributed by atoms with E-state index in [1.54, 1.807) is 12.4 Å². The van der Waals surface area contributed by atoms with Gasteiger partial charge in [-0.15, -0.1) is 0 Å². The summed E-state index contributed by atoms with van der Waals surface area (Å²) >= 11 is 0. The lowest BCUT2D eigenvalue weighted by Gasteiger charge is -2.17. The topological polar surface area (TPSA) is 71.8 Å². The summed E-state index contributed by atoms with van der Waals surface area (Å²) in [5.74, 6) is 1.86. The summed E-state index contributed by atoms with van der Waals surface area (Å²) in [5.41, 5.74) is 0.699. The highest BCUT2D eigenvalue weighted by Crippen LogP contribution is 2.21. The highest BCUT2D eigenvalue weighted by Gasteiger charge is 2.29. The number of anilines is 1. The van der Waals surface area contributed by atoms with Gasteiger partial charge in [0.25, 0.3) is 0 Å². The Morgan fingerprint density at radius 3 is 2.95 bits per heavy atom. The first-order valence-electron chi connectivity index (χ1n) is 7.16. The van der Waals surface area contributed by atoms with E-state index in [1.807, 2.05) is 29.8 Å². The third kappa shape index (κ3) is 2.67. The van der Waals surface area contributed by atoms with Crippen LogP contribution in [0.4, 0.5) is 5.69 Å². The highest BCUT2D eigenvalue weighted by atomic mass is 16.2. The van der Waals surface area contributed by atoms with Crippen molar-refractivity contribution < 1.29 is 4.79 Å². The number of hydrogen-bond donors (Lipinski definition) is 2. The number of aromatic nitrogens is 3. The zero-order valence-corrected chi connectivity index (χ0v) is 12.2. The molecular formula is C15H19N5O. The minimum absolute atomic E-state index is 0.00739. The number of rotatable bonds is 3. The van der Waals surface area contributed by atoms with Crippen molar-refractivity contribution in [3.63, 3.8) is 0 Å². The predicted molar refractivity (Wildman–Crippen MR) is 80.3 cm³/mol. The molecule has 0 bridgehead atoms. The molecule has 2 N–H and O–H groups in total.